The van der Waals surface area contributed by atoms with Crippen LogP contribution in [0.25, 0.3) is 0 Å². The van der Waals surface area contributed by atoms with Gasteiger partial charge in [0, 0.05) is 13.1 Å². The summed E-state index contributed by atoms with van der Waals surface area (Å²) in [4.78, 5) is 10.8. The fraction of sp³-hybridized carbons (Fsp3) is 0.857. The van der Waals surface area contributed by atoms with E-state index >= 15 is 0 Å². The summed E-state index contributed by atoms with van der Waals surface area (Å²) >= 11 is 0. The van der Waals surface area contributed by atoms with Crippen molar-refractivity contribution >= 4 is 5.91 Å². The van der Waals surface area contributed by atoms with Crippen LogP contribution in [-0.2, 0) is 9.53 Å². The number of aliphatic hydroxyl groups excluding tert-OH is 1. The summed E-state index contributed by atoms with van der Waals surface area (Å²) in [5, 5.41) is 11.3. The van der Waals surface area contributed by atoms with Gasteiger partial charge in [-0.15, -0.1) is 0 Å². The summed E-state index contributed by atoms with van der Waals surface area (Å²) in [6.07, 6.45) is -0.525. The second kappa shape index (κ2) is 7.02. The molecule has 0 bridgehead atoms. The van der Waals surface area contributed by atoms with Gasteiger partial charge in [-0.1, -0.05) is 0 Å². The molecule has 5 nitrogen and oxygen atoms in total. The SMILES string of the molecule is CC(O)CNC(=O)COCCN. The van der Waals surface area contributed by atoms with Crippen LogP contribution >= 0.6 is 0 Å². The summed E-state index contributed by atoms with van der Waals surface area (Å²) in [5.41, 5.74) is 5.14. The van der Waals surface area contributed by atoms with E-state index in [1.807, 2.05) is 0 Å². The van der Waals surface area contributed by atoms with Crippen LogP contribution in [0.3, 0.4) is 0 Å². The molecule has 0 aliphatic carbocycles. The van der Waals surface area contributed by atoms with Crippen LogP contribution in [0.2, 0.25) is 0 Å². The van der Waals surface area contributed by atoms with Gasteiger partial charge in [-0.05, 0) is 6.92 Å². The molecular formula is C7H16N2O3. The average Bonchev–Trinajstić information content (AvgIpc) is 2.01. The van der Waals surface area contributed by atoms with Gasteiger partial charge in [0.1, 0.15) is 6.61 Å². The summed E-state index contributed by atoms with van der Waals surface area (Å²) < 4.78 is 4.86. The van der Waals surface area contributed by atoms with Gasteiger partial charge in [0.05, 0.1) is 12.7 Å². The predicted molar refractivity (Wildman–Crippen MR) is 44.6 cm³/mol. The Morgan fingerprint density at radius 3 is 2.92 bits per heavy atom. The molecule has 0 aromatic carbocycles. The van der Waals surface area contributed by atoms with E-state index in [-0.39, 0.29) is 19.1 Å². The van der Waals surface area contributed by atoms with Crippen molar-refractivity contribution in [2.75, 3.05) is 26.3 Å². The summed E-state index contributed by atoms with van der Waals surface area (Å²) in [7, 11) is 0. The van der Waals surface area contributed by atoms with E-state index in [9.17, 15) is 4.79 Å². The fourth-order valence-corrected chi connectivity index (χ4v) is 0.561. The number of hydrogen-bond donors (Lipinski definition) is 3. The molecule has 0 saturated carbocycles. The number of nitrogens with one attached hydrogen (secondary N) is 1. The van der Waals surface area contributed by atoms with Crippen molar-refractivity contribution in [3.8, 4) is 0 Å². The van der Waals surface area contributed by atoms with Gasteiger partial charge in [0.2, 0.25) is 5.91 Å². The lowest BCUT2D eigenvalue weighted by Gasteiger charge is -2.06. The van der Waals surface area contributed by atoms with Gasteiger partial charge in [-0.2, -0.15) is 0 Å². The van der Waals surface area contributed by atoms with Crippen molar-refractivity contribution in [3.05, 3.63) is 0 Å². The van der Waals surface area contributed by atoms with Crippen molar-refractivity contribution in [1.29, 1.82) is 0 Å². The van der Waals surface area contributed by atoms with Crippen molar-refractivity contribution in [2.24, 2.45) is 5.73 Å². The minimum atomic E-state index is -0.525. The monoisotopic (exact) mass is 176 g/mol. The fourth-order valence-electron chi connectivity index (χ4n) is 0.561. The second-order valence-corrected chi connectivity index (χ2v) is 2.49. The minimum absolute atomic E-state index is 0.00389. The van der Waals surface area contributed by atoms with Crippen molar-refractivity contribution in [3.63, 3.8) is 0 Å². The number of carbonyl (C=O) groups excluding carboxylic acids is 1. The molecule has 0 fully saturated rings. The number of ether oxygens (including phenoxy) is 1. The Hall–Kier alpha value is -0.650. The van der Waals surface area contributed by atoms with Crippen LogP contribution in [0.4, 0.5) is 0 Å². The molecule has 0 saturated heterocycles. The third-order valence-corrected chi connectivity index (χ3v) is 1.09. The maximum absolute atomic E-state index is 10.8. The smallest absolute Gasteiger partial charge is 0.246 e. The Balaban J connectivity index is 3.22. The molecule has 1 unspecified atom stereocenters. The number of amides is 1. The molecule has 72 valence electrons. The molecule has 1 amide bonds. The number of rotatable bonds is 6. The summed E-state index contributed by atoms with van der Waals surface area (Å²) in [6.45, 7) is 2.64. The Morgan fingerprint density at radius 2 is 2.42 bits per heavy atom. The largest absolute Gasteiger partial charge is 0.392 e. The highest BCUT2D eigenvalue weighted by Crippen LogP contribution is 1.77. The second-order valence-electron chi connectivity index (χ2n) is 2.49. The van der Waals surface area contributed by atoms with Crippen molar-refractivity contribution in [1.82, 2.24) is 5.32 Å². The highest BCUT2D eigenvalue weighted by atomic mass is 16.5. The van der Waals surface area contributed by atoms with E-state index in [0.717, 1.165) is 0 Å². The molecule has 12 heavy (non-hydrogen) atoms. The highest BCUT2D eigenvalue weighted by Gasteiger charge is 2.01. The lowest BCUT2D eigenvalue weighted by atomic mass is 10.4. The molecule has 0 aliphatic heterocycles. The van der Waals surface area contributed by atoms with Gasteiger partial charge < -0.3 is 20.9 Å². The average molecular weight is 176 g/mol. The molecule has 0 heterocycles. The standard InChI is InChI=1S/C7H16N2O3/c1-6(10)4-9-7(11)5-12-3-2-8/h6,10H,2-5,8H2,1H3,(H,9,11). The van der Waals surface area contributed by atoms with Gasteiger partial charge >= 0.3 is 0 Å². The lowest BCUT2D eigenvalue weighted by Crippen LogP contribution is -2.33. The van der Waals surface area contributed by atoms with Gasteiger partial charge in [-0.3, -0.25) is 4.79 Å². The number of hydrogen-bond acceptors (Lipinski definition) is 4. The maximum atomic E-state index is 10.8. The molecule has 0 spiro atoms. The minimum Gasteiger partial charge on any atom is -0.392 e. The first-order valence-corrected chi connectivity index (χ1v) is 3.89. The molecule has 5 heteroatoms. The number of nitrogens with two attached hydrogens (primary N) is 1. The van der Waals surface area contributed by atoms with E-state index in [4.69, 9.17) is 15.6 Å². The molecule has 0 aliphatic rings. The van der Waals surface area contributed by atoms with E-state index in [0.29, 0.717) is 13.2 Å². The van der Waals surface area contributed by atoms with E-state index in [1.54, 1.807) is 6.92 Å². The third-order valence-electron chi connectivity index (χ3n) is 1.09. The zero-order chi connectivity index (χ0) is 9.40. The van der Waals surface area contributed by atoms with E-state index in [2.05, 4.69) is 5.32 Å². The topological polar surface area (TPSA) is 84.6 Å². The van der Waals surface area contributed by atoms with Gasteiger partial charge in [-0.25, -0.2) is 0 Å². The Morgan fingerprint density at radius 1 is 1.75 bits per heavy atom. The quantitative estimate of drug-likeness (QED) is 0.428. The van der Waals surface area contributed by atoms with Gasteiger partial charge in [0.15, 0.2) is 0 Å². The molecule has 0 aromatic heterocycles. The normalized spacial score (nSPS) is 12.6. The van der Waals surface area contributed by atoms with Crippen LogP contribution in [0.5, 0.6) is 0 Å². The highest BCUT2D eigenvalue weighted by molar-refractivity contribution is 5.77. The Labute approximate surface area is 71.9 Å². The van der Waals surface area contributed by atoms with Crippen LogP contribution in [0, 0.1) is 0 Å². The zero-order valence-electron chi connectivity index (χ0n) is 7.25. The van der Waals surface area contributed by atoms with Crippen LogP contribution < -0.4 is 11.1 Å². The summed E-state index contributed by atoms with van der Waals surface area (Å²) in [5.74, 6) is -0.232. The molecule has 4 N–H and O–H groups in total. The molecule has 1 atom stereocenters. The first-order valence-electron chi connectivity index (χ1n) is 3.89. The summed E-state index contributed by atoms with van der Waals surface area (Å²) in [6, 6.07) is 0. The van der Waals surface area contributed by atoms with Crippen LogP contribution in [0.1, 0.15) is 6.92 Å². The van der Waals surface area contributed by atoms with Crippen molar-refractivity contribution in [2.45, 2.75) is 13.0 Å². The first kappa shape index (κ1) is 11.4. The molecule has 0 rings (SSSR count). The van der Waals surface area contributed by atoms with Crippen LogP contribution in [-0.4, -0.2) is 43.4 Å². The maximum Gasteiger partial charge on any atom is 0.246 e. The van der Waals surface area contributed by atoms with Crippen LogP contribution in [0.15, 0.2) is 0 Å². The first-order chi connectivity index (χ1) is 5.66. The van der Waals surface area contributed by atoms with E-state index in [1.165, 1.54) is 0 Å². The molecule has 0 aromatic rings. The Bertz CT molecular complexity index is 128. The van der Waals surface area contributed by atoms with Crippen molar-refractivity contribution < 1.29 is 14.6 Å². The number of carbonyl (C=O) groups is 1. The molecule has 0 radical (unpaired) electrons. The number of aliphatic hydroxyl groups is 1. The van der Waals surface area contributed by atoms with Gasteiger partial charge in [0.25, 0.3) is 0 Å². The predicted octanol–water partition coefficient (Wildman–Crippen LogP) is -1.54. The Kier molecular flexibility index (Phi) is 6.64. The lowest BCUT2D eigenvalue weighted by molar-refractivity contribution is -0.126. The van der Waals surface area contributed by atoms with E-state index < -0.39 is 6.10 Å². The molecular weight excluding hydrogens is 160 g/mol. The zero-order valence-corrected chi connectivity index (χ0v) is 7.25. The third kappa shape index (κ3) is 7.46.